The number of amides is 1. The molecule has 1 heterocycles. The molecule has 1 amide bonds. The summed E-state index contributed by atoms with van der Waals surface area (Å²) in [5.41, 5.74) is 1.89. The Bertz CT molecular complexity index is 272. The summed E-state index contributed by atoms with van der Waals surface area (Å²) in [7, 11) is 0. The number of carbonyl (C=O) groups excluding carboxylic acids is 2. The summed E-state index contributed by atoms with van der Waals surface area (Å²) < 4.78 is 5.01. The van der Waals surface area contributed by atoms with Gasteiger partial charge < -0.3 is 14.9 Å². The minimum Gasteiger partial charge on any atom is -0.444 e. The van der Waals surface area contributed by atoms with Crippen molar-refractivity contribution in [3.05, 3.63) is 0 Å². The van der Waals surface area contributed by atoms with Gasteiger partial charge >= 0.3 is 12.1 Å². The largest absolute Gasteiger partial charge is 0.444 e. The first kappa shape index (κ1) is 11.8. The molecule has 0 aromatic carbocycles. The predicted octanol–water partition coefficient (Wildman–Crippen LogP) is 0.330. The topological polar surface area (TPSA) is 76.7 Å². The molecule has 0 spiro atoms. The molecule has 0 aromatic rings. The van der Waals surface area contributed by atoms with E-state index in [1.165, 1.54) is 0 Å². The Labute approximate surface area is 88.3 Å². The van der Waals surface area contributed by atoms with Crippen LogP contribution in [-0.2, 0) is 14.4 Å². The molecule has 6 nitrogen and oxygen atoms in total. The number of ether oxygens (including phenoxy) is 1. The van der Waals surface area contributed by atoms with Crippen LogP contribution in [0.2, 0.25) is 0 Å². The van der Waals surface area contributed by atoms with Crippen molar-refractivity contribution in [3.8, 4) is 0 Å². The van der Waals surface area contributed by atoms with Crippen molar-refractivity contribution in [3.63, 3.8) is 0 Å². The standard InChI is InChI=1S/C9H16N2O4/c1-5-6(7(12)15-11-5)10-8(13)14-9(2,3)4/h5-6,11H,1-4H3,(H,10,13)/t5-,6-/m0/s1. The van der Waals surface area contributed by atoms with Gasteiger partial charge in [-0.2, -0.15) is 0 Å². The maximum absolute atomic E-state index is 11.3. The Morgan fingerprint density at radius 1 is 1.53 bits per heavy atom. The lowest BCUT2D eigenvalue weighted by Gasteiger charge is -2.21. The zero-order chi connectivity index (χ0) is 11.6. The van der Waals surface area contributed by atoms with Crippen molar-refractivity contribution >= 4 is 12.1 Å². The molecule has 2 N–H and O–H groups in total. The van der Waals surface area contributed by atoms with E-state index >= 15 is 0 Å². The second-order valence-electron chi connectivity index (χ2n) is 4.45. The van der Waals surface area contributed by atoms with Crippen molar-refractivity contribution in [1.29, 1.82) is 0 Å². The second kappa shape index (κ2) is 4.06. The van der Waals surface area contributed by atoms with Gasteiger partial charge in [-0.15, -0.1) is 5.48 Å². The third-order valence-corrected chi connectivity index (χ3v) is 1.77. The first-order valence-corrected chi connectivity index (χ1v) is 4.75. The third-order valence-electron chi connectivity index (χ3n) is 1.77. The summed E-state index contributed by atoms with van der Waals surface area (Å²) in [4.78, 5) is 27.0. The Kier molecular flexibility index (Phi) is 3.18. The molecule has 0 aromatic heterocycles. The predicted molar refractivity (Wildman–Crippen MR) is 51.8 cm³/mol. The highest BCUT2D eigenvalue weighted by molar-refractivity contribution is 5.83. The van der Waals surface area contributed by atoms with Crippen molar-refractivity contribution in [1.82, 2.24) is 10.8 Å². The lowest BCUT2D eigenvalue weighted by molar-refractivity contribution is -0.144. The minimum absolute atomic E-state index is 0.259. The van der Waals surface area contributed by atoms with Gasteiger partial charge in [-0.05, 0) is 27.7 Å². The molecule has 86 valence electrons. The number of alkyl carbamates (subject to hydrolysis) is 1. The molecule has 1 saturated heterocycles. The summed E-state index contributed by atoms with van der Waals surface area (Å²) >= 11 is 0. The molecule has 2 atom stereocenters. The number of rotatable bonds is 1. The first-order valence-electron chi connectivity index (χ1n) is 4.75. The van der Waals surface area contributed by atoms with Crippen molar-refractivity contribution in [2.24, 2.45) is 0 Å². The quantitative estimate of drug-likeness (QED) is 0.660. The van der Waals surface area contributed by atoms with Gasteiger partial charge in [0, 0.05) is 0 Å². The Balaban J connectivity index is 2.48. The molecule has 1 aliphatic heterocycles. The fraction of sp³-hybridized carbons (Fsp3) is 0.778. The molecule has 1 fully saturated rings. The lowest BCUT2D eigenvalue weighted by Crippen LogP contribution is -2.46. The van der Waals surface area contributed by atoms with E-state index in [-0.39, 0.29) is 6.04 Å². The minimum atomic E-state index is -0.695. The molecule has 0 saturated carbocycles. The summed E-state index contributed by atoms with van der Waals surface area (Å²) in [5, 5.41) is 2.44. The summed E-state index contributed by atoms with van der Waals surface area (Å²) in [6.07, 6.45) is -0.625. The van der Waals surface area contributed by atoms with Gasteiger partial charge in [0.1, 0.15) is 11.6 Å². The maximum Gasteiger partial charge on any atom is 0.408 e. The zero-order valence-electron chi connectivity index (χ0n) is 9.29. The molecule has 0 aliphatic carbocycles. The molecular weight excluding hydrogens is 200 g/mol. The number of carbonyl (C=O) groups is 2. The fourth-order valence-corrected chi connectivity index (χ4v) is 1.11. The molecule has 0 radical (unpaired) electrons. The monoisotopic (exact) mass is 216 g/mol. The molecule has 0 unspecified atom stereocenters. The van der Waals surface area contributed by atoms with E-state index < -0.39 is 23.7 Å². The van der Waals surface area contributed by atoms with Gasteiger partial charge in [-0.25, -0.2) is 9.59 Å². The van der Waals surface area contributed by atoms with Crippen LogP contribution in [0.5, 0.6) is 0 Å². The molecular formula is C9H16N2O4. The van der Waals surface area contributed by atoms with Crippen LogP contribution in [0, 0.1) is 0 Å². The summed E-state index contributed by atoms with van der Waals surface area (Å²) in [6, 6.07) is -0.954. The normalized spacial score (nSPS) is 26.0. The lowest BCUT2D eigenvalue weighted by atomic mass is 10.2. The highest BCUT2D eigenvalue weighted by Crippen LogP contribution is 2.09. The Morgan fingerprint density at radius 3 is 2.53 bits per heavy atom. The fourth-order valence-electron chi connectivity index (χ4n) is 1.11. The molecule has 0 bridgehead atoms. The van der Waals surface area contributed by atoms with E-state index in [4.69, 9.17) is 4.74 Å². The van der Waals surface area contributed by atoms with Crippen LogP contribution >= 0.6 is 0 Å². The summed E-state index contributed by atoms with van der Waals surface area (Å²) in [6.45, 7) is 6.98. The van der Waals surface area contributed by atoms with E-state index in [1.54, 1.807) is 27.7 Å². The van der Waals surface area contributed by atoms with Crippen LogP contribution in [0.25, 0.3) is 0 Å². The molecule has 1 aliphatic rings. The van der Waals surface area contributed by atoms with Gasteiger partial charge in [-0.1, -0.05) is 0 Å². The second-order valence-corrected chi connectivity index (χ2v) is 4.45. The summed E-state index contributed by atoms with van der Waals surface area (Å²) in [5.74, 6) is -0.506. The van der Waals surface area contributed by atoms with Crippen LogP contribution in [-0.4, -0.2) is 29.7 Å². The number of hydrogen-bond acceptors (Lipinski definition) is 5. The first-order chi connectivity index (χ1) is 6.79. The number of hydroxylamine groups is 1. The smallest absolute Gasteiger partial charge is 0.408 e. The molecule has 1 rings (SSSR count). The van der Waals surface area contributed by atoms with E-state index in [2.05, 4.69) is 15.6 Å². The van der Waals surface area contributed by atoms with Crippen molar-refractivity contribution in [2.45, 2.75) is 45.4 Å². The van der Waals surface area contributed by atoms with Crippen LogP contribution in [0.4, 0.5) is 4.79 Å². The Hall–Kier alpha value is -1.30. The van der Waals surface area contributed by atoms with E-state index in [0.717, 1.165) is 0 Å². The van der Waals surface area contributed by atoms with Gasteiger partial charge in [0.15, 0.2) is 0 Å². The van der Waals surface area contributed by atoms with E-state index in [0.29, 0.717) is 0 Å². The van der Waals surface area contributed by atoms with Gasteiger partial charge in [0.25, 0.3) is 0 Å². The third kappa shape index (κ3) is 3.39. The molecule has 15 heavy (non-hydrogen) atoms. The van der Waals surface area contributed by atoms with Gasteiger partial charge in [-0.3, -0.25) is 0 Å². The van der Waals surface area contributed by atoms with Crippen LogP contribution < -0.4 is 10.8 Å². The van der Waals surface area contributed by atoms with Crippen LogP contribution in [0.3, 0.4) is 0 Å². The van der Waals surface area contributed by atoms with Gasteiger partial charge in [0.2, 0.25) is 0 Å². The van der Waals surface area contributed by atoms with Gasteiger partial charge in [0.05, 0.1) is 6.04 Å². The van der Waals surface area contributed by atoms with Crippen molar-refractivity contribution < 1.29 is 19.2 Å². The average Bonchev–Trinajstić information content (AvgIpc) is 2.32. The number of hydrogen-bond donors (Lipinski definition) is 2. The SMILES string of the molecule is C[C@@H]1NOC(=O)[C@H]1NC(=O)OC(C)(C)C. The average molecular weight is 216 g/mol. The van der Waals surface area contributed by atoms with E-state index in [9.17, 15) is 9.59 Å². The highest BCUT2D eigenvalue weighted by Gasteiger charge is 2.36. The zero-order valence-corrected chi connectivity index (χ0v) is 9.29. The number of nitrogens with one attached hydrogen (secondary N) is 2. The van der Waals surface area contributed by atoms with Crippen LogP contribution in [0.1, 0.15) is 27.7 Å². The Morgan fingerprint density at radius 2 is 2.13 bits per heavy atom. The maximum atomic E-state index is 11.3. The highest BCUT2D eigenvalue weighted by atomic mass is 16.7. The van der Waals surface area contributed by atoms with Crippen molar-refractivity contribution in [2.75, 3.05) is 0 Å². The van der Waals surface area contributed by atoms with Crippen LogP contribution in [0.15, 0.2) is 0 Å². The molecule has 6 heteroatoms. The van der Waals surface area contributed by atoms with E-state index in [1.807, 2.05) is 0 Å².